The predicted molar refractivity (Wildman–Crippen MR) is 122 cm³/mol. The highest BCUT2D eigenvalue weighted by molar-refractivity contribution is 7.98. The first kappa shape index (κ1) is 21.1. The molecule has 2 aromatic carbocycles. The molecule has 0 radical (unpaired) electrons. The van der Waals surface area contributed by atoms with Gasteiger partial charge >= 0.3 is 0 Å². The van der Waals surface area contributed by atoms with Gasteiger partial charge in [0.05, 0.1) is 18.6 Å². The number of methoxy groups -OCH3 is 1. The van der Waals surface area contributed by atoms with Crippen LogP contribution in [0.1, 0.15) is 25.9 Å². The average Bonchev–Trinajstić information content (AvgIpc) is 3.47. The normalized spacial score (nSPS) is 10.8. The molecule has 0 bridgehead atoms. The van der Waals surface area contributed by atoms with Crippen molar-refractivity contribution in [3.8, 4) is 11.4 Å². The zero-order valence-electron chi connectivity index (χ0n) is 17.1. The third kappa shape index (κ3) is 5.31. The molecule has 0 saturated carbocycles. The number of hydrogen-bond donors (Lipinski definition) is 1. The van der Waals surface area contributed by atoms with E-state index in [1.54, 1.807) is 13.3 Å². The maximum absolute atomic E-state index is 12.4. The molecule has 7 nitrogen and oxygen atoms in total. The number of nitrogens with one attached hydrogen (secondary N) is 1. The number of rotatable bonds is 8. The van der Waals surface area contributed by atoms with Gasteiger partial charge in [-0.05, 0) is 24.6 Å². The van der Waals surface area contributed by atoms with Gasteiger partial charge in [0.1, 0.15) is 10.8 Å². The molecule has 4 aromatic rings. The van der Waals surface area contributed by atoms with Crippen LogP contribution in [0.2, 0.25) is 0 Å². The lowest BCUT2D eigenvalue weighted by atomic mass is 10.1. The Morgan fingerprint density at radius 2 is 2.03 bits per heavy atom. The molecule has 0 aliphatic carbocycles. The number of amides is 1. The number of aromatic nitrogens is 4. The topological polar surface area (TPSA) is 81.9 Å². The fraction of sp³-hybridized carbons (Fsp3) is 0.182. The molecule has 0 atom stereocenters. The maximum Gasteiger partial charge on any atom is 0.282 e. The first-order chi connectivity index (χ1) is 15.1. The molecule has 0 spiro atoms. The summed E-state index contributed by atoms with van der Waals surface area (Å²) in [4.78, 5) is 16.8. The third-order valence-corrected chi connectivity index (χ3v) is 6.58. The van der Waals surface area contributed by atoms with Crippen LogP contribution in [-0.2, 0) is 12.3 Å². The van der Waals surface area contributed by atoms with Gasteiger partial charge in [0.25, 0.3) is 5.91 Å². The van der Waals surface area contributed by atoms with Crippen molar-refractivity contribution in [3.05, 3.63) is 82.1 Å². The van der Waals surface area contributed by atoms with Crippen LogP contribution in [0.25, 0.3) is 5.69 Å². The van der Waals surface area contributed by atoms with E-state index in [0.29, 0.717) is 17.3 Å². The Morgan fingerprint density at radius 1 is 1.19 bits per heavy atom. The molecule has 0 aliphatic heterocycles. The van der Waals surface area contributed by atoms with Crippen LogP contribution in [0.4, 0.5) is 0 Å². The van der Waals surface area contributed by atoms with Crippen molar-refractivity contribution in [2.45, 2.75) is 24.4 Å². The minimum absolute atomic E-state index is 0.216. The lowest BCUT2D eigenvalue weighted by molar-refractivity contribution is 0.0950. The monoisotopic (exact) mass is 451 g/mol. The highest BCUT2D eigenvalue weighted by Gasteiger charge is 2.14. The SMILES string of the molecule is COc1cccc(-n2ccnc2SCc2nnc(C(=O)NCc3ccc(C)cc3)s2)c1. The van der Waals surface area contributed by atoms with Gasteiger partial charge in [0, 0.05) is 25.0 Å². The van der Waals surface area contributed by atoms with E-state index in [1.807, 2.05) is 66.2 Å². The largest absolute Gasteiger partial charge is 0.497 e. The zero-order valence-corrected chi connectivity index (χ0v) is 18.7. The molecule has 2 aromatic heterocycles. The van der Waals surface area contributed by atoms with Gasteiger partial charge in [-0.15, -0.1) is 10.2 Å². The van der Waals surface area contributed by atoms with Crippen LogP contribution < -0.4 is 10.1 Å². The van der Waals surface area contributed by atoms with Crippen molar-refractivity contribution in [2.24, 2.45) is 0 Å². The molecule has 2 heterocycles. The van der Waals surface area contributed by atoms with Crippen molar-refractivity contribution in [1.82, 2.24) is 25.1 Å². The summed E-state index contributed by atoms with van der Waals surface area (Å²) in [7, 11) is 1.65. The Balaban J connectivity index is 1.36. The third-order valence-electron chi connectivity index (χ3n) is 4.50. The molecule has 0 fully saturated rings. The molecular weight excluding hydrogens is 430 g/mol. The summed E-state index contributed by atoms with van der Waals surface area (Å²) in [5.74, 6) is 1.14. The van der Waals surface area contributed by atoms with E-state index in [9.17, 15) is 4.79 Å². The van der Waals surface area contributed by atoms with Crippen LogP contribution in [0, 0.1) is 6.92 Å². The Hall–Kier alpha value is -3.17. The lowest BCUT2D eigenvalue weighted by Crippen LogP contribution is -2.22. The maximum atomic E-state index is 12.4. The predicted octanol–water partition coefficient (Wildman–Crippen LogP) is 4.26. The number of nitrogens with zero attached hydrogens (tertiary/aromatic N) is 4. The lowest BCUT2D eigenvalue weighted by Gasteiger charge is -2.08. The van der Waals surface area contributed by atoms with Crippen molar-refractivity contribution in [1.29, 1.82) is 0 Å². The van der Waals surface area contributed by atoms with E-state index in [4.69, 9.17) is 4.74 Å². The Labute approximate surface area is 188 Å². The van der Waals surface area contributed by atoms with Gasteiger partial charge in [0.15, 0.2) is 5.16 Å². The van der Waals surface area contributed by atoms with Crippen LogP contribution in [0.15, 0.2) is 66.1 Å². The summed E-state index contributed by atoms with van der Waals surface area (Å²) in [6.07, 6.45) is 3.66. The first-order valence-corrected chi connectivity index (χ1v) is 11.4. The highest BCUT2D eigenvalue weighted by Crippen LogP contribution is 2.26. The van der Waals surface area contributed by atoms with Gasteiger partial charge in [-0.3, -0.25) is 9.36 Å². The summed E-state index contributed by atoms with van der Waals surface area (Å²) in [5.41, 5.74) is 3.20. The minimum atomic E-state index is -0.216. The van der Waals surface area contributed by atoms with Gasteiger partial charge in [-0.25, -0.2) is 4.98 Å². The second kappa shape index (κ2) is 9.76. The van der Waals surface area contributed by atoms with Crippen LogP contribution in [-0.4, -0.2) is 32.8 Å². The molecule has 0 unspecified atom stereocenters. The van der Waals surface area contributed by atoms with Crippen LogP contribution in [0.5, 0.6) is 5.75 Å². The molecule has 1 amide bonds. The zero-order chi connectivity index (χ0) is 21.6. The van der Waals surface area contributed by atoms with E-state index in [2.05, 4.69) is 20.5 Å². The number of carbonyl (C=O) groups excluding carboxylic acids is 1. The second-order valence-corrected chi connectivity index (χ2v) is 8.74. The molecule has 0 aliphatic rings. The minimum Gasteiger partial charge on any atom is -0.497 e. The number of benzene rings is 2. The molecular formula is C22H21N5O2S2. The molecule has 9 heteroatoms. The average molecular weight is 452 g/mol. The highest BCUT2D eigenvalue weighted by atomic mass is 32.2. The summed E-state index contributed by atoms with van der Waals surface area (Å²) in [6.45, 7) is 2.49. The number of hydrogen-bond acceptors (Lipinski definition) is 7. The first-order valence-electron chi connectivity index (χ1n) is 9.59. The van der Waals surface area contributed by atoms with E-state index >= 15 is 0 Å². The summed E-state index contributed by atoms with van der Waals surface area (Å²) >= 11 is 2.83. The number of aryl methyl sites for hydroxylation is 1. The Bertz CT molecular complexity index is 1170. The van der Waals surface area contributed by atoms with Gasteiger partial charge in [-0.1, -0.05) is 59.0 Å². The van der Waals surface area contributed by atoms with E-state index < -0.39 is 0 Å². The summed E-state index contributed by atoms with van der Waals surface area (Å²) in [5, 5.41) is 13.1. The molecule has 4 rings (SSSR count). The van der Waals surface area contributed by atoms with Crippen molar-refractivity contribution >= 4 is 29.0 Å². The van der Waals surface area contributed by atoms with Crippen LogP contribution >= 0.6 is 23.1 Å². The quantitative estimate of drug-likeness (QED) is 0.403. The van der Waals surface area contributed by atoms with Crippen molar-refractivity contribution in [2.75, 3.05) is 7.11 Å². The molecule has 158 valence electrons. The molecule has 31 heavy (non-hydrogen) atoms. The van der Waals surface area contributed by atoms with E-state index in [-0.39, 0.29) is 5.91 Å². The molecule has 1 N–H and O–H groups in total. The Morgan fingerprint density at radius 3 is 2.84 bits per heavy atom. The van der Waals surface area contributed by atoms with Gasteiger partial charge < -0.3 is 10.1 Å². The number of imidazole rings is 1. The van der Waals surface area contributed by atoms with E-state index in [0.717, 1.165) is 27.2 Å². The van der Waals surface area contributed by atoms with Crippen molar-refractivity contribution < 1.29 is 9.53 Å². The van der Waals surface area contributed by atoms with E-state index in [1.165, 1.54) is 28.7 Å². The van der Waals surface area contributed by atoms with Crippen LogP contribution in [0.3, 0.4) is 0 Å². The number of ether oxygens (including phenoxy) is 1. The standard InChI is InChI=1S/C22H21N5O2S2/c1-15-6-8-16(9-7-15)13-24-20(28)21-26-25-19(31-21)14-30-22-23-10-11-27(22)17-4-3-5-18(12-17)29-2/h3-12H,13-14H2,1-2H3,(H,24,28). The second-order valence-electron chi connectivity index (χ2n) is 6.74. The van der Waals surface area contributed by atoms with Crippen molar-refractivity contribution in [3.63, 3.8) is 0 Å². The van der Waals surface area contributed by atoms with Gasteiger partial charge in [0.2, 0.25) is 5.01 Å². The summed E-state index contributed by atoms with van der Waals surface area (Å²) < 4.78 is 7.29. The smallest absolute Gasteiger partial charge is 0.282 e. The fourth-order valence-corrected chi connectivity index (χ4v) is 4.56. The molecule has 0 saturated heterocycles. The Kier molecular flexibility index (Phi) is 6.63. The number of carbonyl (C=O) groups is 1. The number of thioether (sulfide) groups is 1. The fourth-order valence-electron chi connectivity index (χ4n) is 2.85. The summed E-state index contributed by atoms with van der Waals surface area (Å²) in [6, 6.07) is 15.8. The van der Waals surface area contributed by atoms with Gasteiger partial charge in [-0.2, -0.15) is 0 Å².